The number of hydrogen-bond acceptors (Lipinski definition) is 3. The van der Waals surface area contributed by atoms with E-state index in [1.807, 2.05) is 6.92 Å². The quantitative estimate of drug-likeness (QED) is 0.745. The summed E-state index contributed by atoms with van der Waals surface area (Å²) >= 11 is 0. The summed E-state index contributed by atoms with van der Waals surface area (Å²) in [5.74, 6) is 0. The van der Waals surface area contributed by atoms with Gasteiger partial charge in [-0.05, 0) is 44.6 Å². The Hall–Kier alpha value is -0.170. The molecule has 6 heteroatoms. The summed E-state index contributed by atoms with van der Waals surface area (Å²) in [4.78, 5) is 0. The highest BCUT2D eigenvalue weighted by atomic mass is 32.2. The topological polar surface area (TPSA) is 75.4 Å². The van der Waals surface area contributed by atoms with Crippen LogP contribution >= 0.6 is 0 Å². The minimum Gasteiger partial charge on any atom is -0.330 e. The van der Waals surface area contributed by atoms with Gasteiger partial charge in [-0.15, -0.1) is 0 Å². The van der Waals surface area contributed by atoms with Crippen molar-refractivity contribution in [1.29, 1.82) is 0 Å². The van der Waals surface area contributed by atoms with Crippen LogP contribution in [0.4, 0.5) is 0 Å². The van der Waals surface area contributed by atoms with Gasteiger partial charge in [-0.1, -0.05) is 20.3 Å². The van der Waals surface area contributed by atoms with E-state index in [1.54, 1.807) is 4.31 Å². The van der Waals surface area contributed by atoms with Crippen molar-refractivity contribution in [2.75, 3.05) is 19.6 Å². The number of rotatable bonds is 7. The van der Waals surface area contributed by atoms with Crippen molar-refractivity contribution in [3.63, 3.8) is 0 Å². The molecule has 1 fully saturated rings. The van der Waals surface area contributed by atoms with Crippen LogP contribution in [0.3, 0.4) is 0 Å². The van der Waals surface area contributed by atoms with Crippen molar-refractivity contribution in [2.45, 2.75) is 58.9 Å². The van der Waals surface area contributed by atoms with Gasteiger partial charge in [0.2, 0.25) is 0 Å². The van der Waals surface area contributed by atoms with E-state index < -0.39 is 10.2 Å². The standard InChI is InChI=1S/C13H29N3O2S/c1-12-7-4-5-10-16(12)19(17,18)15-11-13(2,3)8-6-9-14/h12,15H,4-11,14H2,1-3H3. The van der Waals surface area contributed by atoms with Crippen LogP contribution in [0.2, 0.25) is 0 Å². The Bertz CT molecular complexity index is 368. The summed E-state index contributed by atoms with van der Waals surface area (Å²) in [7, 11) is -3.34. The molecule has 1 heterocycles. The van der Waals surface area contributed by atoms with Gasteiger partial charge in [0, 0.05) is 19.1 Å². The second kappa shape index (κ2) is 7.02. The molecule has 1 unspecified atom stereocenters. The lowest BCUT2D eigenvalue weighted by Crippen LogP contribution is -2.49. The lowest BCUT2D eigenvalue weighted by molar-refractivity contribution is 0.259. The average Bonchev–Trinajstić information content (AvgIpc) is 2.35. The van der Waals surface area contributed by atoms with E-state index in [0.29, 0.717) is 19.6 Å². The lowest BCUT2D eigenvalue weighted by atomic mass is 9.88. The Morgan fingerprint density at radius 2 is 2.05 bits per heavy atom. The highest BCUT2D eigenvalue weighted by Gasteiger charge is 2.30. The van der Waals surface area contributed by atoms with Gasteiger partial charge >= 0.3 is 0 Å². The van der Waals surface area contributed by atoms with Crippen LogP contribution in [0, 0.1) is 5.41 Å². The van der Waals surface area contributed by atoms with Gasteiger partial charge in [-0.2, -0.15) is 12.7 Å². The Balaban J connectivity index is 2.54. The van der Waals surface area contributed by atoms with Crippen molar-refractivity contribution in [3.05, 3.63) is 0 Å². The van der Waals surface area contributed by atoms with Gasteiger partial charge in [0.25, 0.3) is 10.2 Å². The molecule has 1 aliphatic heterocycles. The van der Waals surface area contributed by atoms with Gasteiger partial charge in [0.1, 0.15) is 0 Å². The summed E-state index contributed by atoms with van der Waals surface area (Å²) in [5, 5.41) is 0. The molecule has 1 saturated heterocycles. The number of hydrogen-bond donors (Lipinski definition) is 2. The first-order valence-corrected chi connectivity index (χ1v) is 8.69. The molecule has 1 rings (SSSR count). The van der Waals surface area contributed by atoms with Gasteiger partial charge in [-0.3, -0.25) is 0 Å². The first-order valence-electron chi connectivity index (χ1n) is 7.25. The van der Waals surface area contributed by atoms with Gasteiger partial charge in [-0.25, -0.2) is 4.72 Å². The van der Waals surface area contributed by atoms with Crippen molar-refractivity contribution in [1.82, 2.24) is 9.03 Å². The highest BCUT2D eigenvalue weighted by Crippen LogP contribution is 2.23. The third-order valence-corrected chi connectivity index (χ3v) is 5.51. The maximum absolute atomic E-state index is 12.3. The second-order valence-electron chi connectivity index (χ2n) is 6.34. The Morgan fingerprint density at radius 3 is 2.63 bits per heavy atom. The zero-order valence-electron chi connectivity index (χ0n) is 12.5. The lowest BCUT2D eigenvalue weighted by Gasteiger charge is -2.33. The Labute approximate surface area is 118 Å². The zero-order valence-corrected chi connectivity index (χ0v) is 13.3. The predicted molar refractivity (Wildman–Crippen MR) is 79.0 cm³/mol. The molecule has 0 aromatic carbocycles. The normalized spacial score (nSPS) is 22.6. The monoisotopic (exact) mass is 291 g/mol. The van der Waals surface area contributed by atoms with Gasteiger partial charge in [0.05, 0.1) is 0 Å². The number of nitrogens with zero attached hydrogens (tertiary/aromatic N) is 1. The number of piperidine rings is 1. The van der Waals surface area contributed by atoms with Crippen molar-refractivity contribution in [2.24, 2.45) is 11.1 Å². The molecular weight excluding hydrogens is 262 g/mol. The number of nitrogens with one attached hydrogen (secondary N) is 1. The van der Waals surface area contributed by atoms with Crippen molar-refractivity contribution >= 4 is 10.2 Å². The van der Waals surface area contributed by atoms with Crippen LogP contribution in [0.15, 0.2) is 0 Å². The SMILES string of the molecule is CC1CCCCN1S(=O)(=O)NCC(C)(C)CCCN. The van der Waals surface area contributed by atoms with Crippen molar-refractivity contribution in [3.8, 4) is 0 Å². The van der Waals surface area contributed by atoms with Gasteiger partial charge < -0.3 is 5.73 Å². The minimum atomic E-state index is -3.34. The van der Waals surface area contributed by atoms with Crippen LogP contribution in [0.1, 0.15) is 52.9 Å². The predicted octanol–water partition coefficient (Wildman–Crippen LogP) is 1.46. The molecule has 1 atom stereocenters. The molecule has 114 valence electrons. The molecule has 0 radical (unpaired) electrons. The first kappa shape index (κ1) is 16.9. The average molecular weight is 291 g/mol. The second-order valence-corrected chi connectivity index (χ2v) is 8.05. The Morgan fingerprint density at radius 1 is 1.37 bits per heavy atom. The smallest absolute Gasteiger partial charge is 0.279 e. The van der Waals surface area contributed by atoms with Gasteiger partial charge in [0.15, 0.2) is 0 Å². The third kappa shape index (κ3) is 5.38. The van der Waals surface area contributed by atoms with Crippen LogP contribution < -0.4 is 10.5 Å². The zero-order chi connectivity index (χ0) is 14.5. The van der Waals surface area contributed by atoms with Crippen LogP contribution in [-0.2, 0) is 10.2 Å². The largest absolute Gasteiger partial charge is 0.330 e. The molecule has 0 aliphatic carbocycles. The summed E-state index contributed by atoms with van der Waals surface area (Å²) in [6.45, 7) is 7.89. The van der Waals surface area contributed by atoms with Crippen LogP contribution in [0.5, 0.6) is 0 Å². The maximum Gasteiger partial charge on any atom is 0.279 e. The molecule has 0 saturated carbocycles. The molecule has 0 spiro atoms. The van der Waals surface area contributed by atoms with Crippen LogP contribution in [0.25, 0.3) is 0 Å². The molecule has 5 nitrogen and oxygen atoms in total. The fraction of sp³-hybridized carbons (Fsp3) is 1.00. The molecular formula is C13H29N3O2S. The summed E-state index contributed by atoms with van der Waals surface area (Å²) in [6, 6.07) is 0.110. The fourth-order valence-electron chi connectivity index (χ4n) is 2.47. The number of nitrogens with two attached hydrogens (primary N) is 1. The van der Waals surface area contributed by atoms with Crippen molar-refractivity contribution < 1.29 is 8.42 Å². The molecule has 0 aromatic heterocycles. The Kier molecular flexibility index (Phi) is 6.23. The molecule has 19 heavy (non-hydrogen) atoms. The van der Waals surface area contributed by atoms with Crippen LogP contribution in [-0.4, -0.2) is 38.4 Å². The van der Waals surface area contributed by atoms with E-state index in [-0.39, 0.29) is 11.5 Å². The fourth-order valence-corrected chi connectivity index (χ4v) is 4.15. The van der Waals surface area contributed by atoms with E-state index in [0.717, 1.165) is 32.1 Å². The molecule has 0 aromatic rings. The summed E-state index contributed by atoms with van der Waals surface area (Å²) in [5.41, 5.74) is 5.46. The van der Waals surface area contributed by atoms with E-state index in [1.165, 1.54) is 0 Å². The first-order chi connectivity index (χ1) is 8.78. The van der Waals surface area contributed by atoms with E-state index in [9.17, 15) is 8.42 Å². The van der Waals surface area contributed by atoms with E-state index in [4.69, 9.17) is 5.73 Å². The third-order valence-electron chi connectivity index (χ3n) is 3.84. The molecule has 0 bridgehead atoms. The molecule has 0 amide bonds. The summed E-state index contributed by atoms with van der Waals surface area (Å²) in [6.07, 6.45) is 4.89. The minimum absolute atomic E-state index is 0.0501. The van der Waals surface area contributed by atoms with E-state index >= 15 is 0 Å². The molecule has 1 aliphatic rings. The maximum atomic E-state index is 12.3. The highest BCUT2D eigenvalue weighted by molar-refractivity contribution is 7.87. The summed E-state index contributed by atoms with van der Waals surface area (Å²) < 4.78 is 29.0. The van der Waals surface area contributed by atoms with E-state index in [2.05, 4.69) is 18.6 Å². The molecule has 3 N–H and O–H groups in total.